The summed E-state index contributed by atoms with van der Waals surface area (Å²) in [7, 11) is 1.70. The van der Waals surface area contributed by atoms with E-state index in [4.69, 9.17) is 4.74 Å². The van der Waals surface area contributed by atoms with E-state index >= 15 is 0 Å². The van der Waals surface area contributed by atoms with Gasteiger partial charge in [-0.2, -0.15) is 0 Å². The fourth-order valence-corrected chi connectivity index (χ4v) is 7.96. The van der Waals surface area contributed by atoms with E-state index < -0.39 is 0 Å². The third-order valence-corrected chi connectivity index (χ3v) is 9.58. The Hall–Kier alpha value is -3.05. The van der Waals surface area contributed by atoms with Crippen molar-refractivity contribution in [3.8, 4) is 5.75 Å². The zero-order valence-electron chi connectivity index (χ0n) is 21.8. The summed E-state index contributed by atoms with van der Waals surface area (Å²) in [5.41, 5.74) is 4.58. The van der Waals surface area contributed by atoms with Crippen molar-refractivity contribution >= 4 is 22.9 Å². The van der Waals surface area contributed by atoms with Crippen LogP contribution in [-0.4, -0.2) is 59.1 Å². The molecular weight excluding hydrogens is 458 g/mol. The van der Waals surface area contributed by atoms with Crippen molar-refractivity contribution < 1.29 is 9.53 Å². The average Bonchev–Trinajstić information content (AvgIpc) is 3.28. The predicted molar refractivity (Wildman–Crippen MR) is 148 cm³/mol. The second-order valence-electron chi connectivity index (χ2n) is 11.5. The predicted octanol–water partition coefficient (Wildman–Crippen LogP) is 5.58. The van der Waals surface area contributed by atoms with Crippen molar-refractivity contribution in [2.75, 3.05) is 26.7 Å². The Bertz CT molecular complexity index is 1340. The smallest absolute Gasteiger partial charge is 0.250 e. The first-order valence-corrected chi connectivity index (χ1v) is 14.2. The van der Waals surface area contributed by atoms with Gasteiger partial charge < -0.3 is 14.2 Å². The van der Waals surface area contributed by atoms with Crippen molar-refractivity contribution in [3.63, 3.8) is 0 Å². The number of piperidine rings is 4. The highest BCUT2D eigenvalue weighted by molar-refractivity contribution is 6.01. The van der Waals surface area contributed by atoms with E-state index in [9.17, 15) is 4.79 Å². The van der Waals surface area contributed by atoms with Crippen LogP contribution in [0.3, 0.4) is 0 Å². The second-order valence-corrected chi connectivity index (χ2v) is 11.5. The summed E-state index contributed by atoms with van der Waals surface area (Å²) in [5.74, 6) is 2.50. The molecular formula is C32H37N3O2. The third-order valence-electron chi connectivity index (χ3n) is 9.58. The lowest BCUT2D eigenvalue weighted by molar-refractivity contribution is -0.145. The Morgan fingerprint density at radius 2 is 1.81 bits per heavy atom. The van der Waals surface area contributed by atoms with Gasteiger partial charge in [-0.15, -0.1) is 0 Å². The topological polar surface area (TPSA) is 37.7 Å². The lowest BCUT2D eigenvalue weighted by Crippen LogP contribution is -2.66. The van der Waals surface area contributed by atoms with E-state index in [2.05, 4.69) is 63.0 Å². The number of hydrogen-bond acceptors (Lipinski definition) is 3. The number of fused-ring (bicyclic) bond motifs is 3. The van der Waals surface area contributed by atoms with Gasteiger partial charge in [0.05, 0.1) is 7.11 Å². The molecule has 4 saturated heterocycles. The normalized spacial score (nSPS) is 28.8. The molecule has 0 N–H and O–H groups in total. The van der Waals surface area contributed by atoms with Crippen molar-refractivity contribution in [1.82, 2.24) is 14.4 Å². The lowest BCUT2D eigenvalue weighted by Gasteiger charge is -2.58. The van der Waals surface area contributed by atoms with Gasteiger partial charge in [-0.1, -0.05) is 30.3 Å². The molecule has 0 aliphatic carbocycles. The Kier molecular flexibility index (Phi) is 5.84. The van der Waals surface area contributed by atoms with Gasteiger partial charge in [0.2, 0.25) is 5.91 Å². The summed E-state index contributed by atoms with van der Waals surface area (Å²) in [6, 6.07) is 18.0. The molecule has 0 radical (unpaired) electrons. The van der Waals surface area contributed by atoms with Crippen LogP contribution in [0.4, 0.5) is 0 Å². The van der Waals surface area contributed by atoms with Crippen molar-refractivity contribution in [1.29, 1.82) is 0 Å². The Morgan fingerprint density at radius 3 is 2.65 bits per heavy atom. The number of hydrogen-bond donors (Lipinski definition) is 0. The summed E-state index contributed by atoms with van der Waals surface area (Å²) in [6.45, 7) is 4.28. The number of carbonyl (C=O) groups is 1. The van der Waals surface area contributed by atoms with E-state index in [-0.39, 0.29) is 0 Å². The minimum Gasteiger partial charge on any atom is -0.497 e. The molecule has 2 aromatic carbocycles. The fourth-order valence-electron chi connectivity index (χ4n) is 7.96. The maximum atomic E-state index is 13.9. The standard InChI is InChI=1S/C32H37N3O2/c1-37-26-13-10-22(11-14-26)19-34-20-25(27-7-2-3-9-29(27)34)18-23-12-15-30-28-8-5-17-33-16-4-6-24(31(28)33)21-35(30)32(23)36/h2-3,7,9-11,13-14,18,20,24,28,30-31H,4-6,8,12,15-17,19,21H2,1H3/b23-18+/t24-,28+,30+,31-/m0/s1. The van der Waals surface area contributed by atoms with Gasteiger partial charge in [-0.3, -0.25) is 9.69 Å². The SMILES string of the molecule is COc1ccc(Cn2cc(/C=C3\CC[C@@H]4[C@H]5CCCN6CCC[C@@H](CN4C3=O)[C@@H]56)c3ccccc32)cc1. The molecule has 0 bridgehead atoms. The third kappa shape index (κ3) is 3.99. The van der Waals surface area contributed by atoms with E-state index in [0.717, 1.165) is 48.9 Å². The molecule has 4 aliphatic rings. The highest BCUT2D eigenvalue weighted by Crippen LogP contribution is 2.45. The van der Waals surface area contributed by atoms with Gasteiger partial charge in [0.1, 0.15) is 5.75 Å². The highest BCUT2D eigenvalue weighted by Gasteiger charge is 2.51. The first-order chi connectivity index (χ1) is 18.2. The molecule has 5 nitrogen and oxygen atoms in total. The van der Waals surface area contributed by atoms with E-state index in [0.29, 0.717) is 23.8 Å². The summed E-state index contributed by atoms with van der Waals surface area (Å²) in [6.07, 6.45) is 11.6. The number of para-hydroxylation sites is 1. The van der Waals surface area contributed by atoms with E-state index in [1.165, 1.54) is 55.2 Å². The molecule has 37 heavy (non-hydrogen) atoms. The summed E-state index contributed by atoms with van der Waals surface area (Å²) in [5, 5.41) is 1.22. The zero-order chi connectivity index (χ0) is 24.9. The van der Waals surface area contributed by atoms with Gasteiger partial charge >= 0.3 is 0 Å². The average molecular weight is 496 g/mol. The van der Waals surface area contributed by atoms with Crippen molar-refractivity contribution in [2.24, 2.45) is 11.8 Å². The first kappa shape index (κ1) is 23.1. The molecule has 4 fully saturated rings. The number of ether oxygens (including phenoxy) is 1. The molecule has 0 unspecified atom stereocenters. The number of amides is 1. The van der Waals surface area contributed by atoms with E-state index in [1.54, 1.807) is 7.11 Å². The zero-order valence-corrected chi connectivity index (χ0v) is 21.8. The van der Waals surface area contributed by atoms with Crippen LogP contribution < -0.4 is 4.74 Å². The minimum atomic E-state index is 0.296. The molecule has 4 atom stereocenters. The molecule has 0 spiro atoms. The fraction of sp³-hybridized carbons (Fsp3) is 0.469. The molecule has 5 heterocycles. The molecule has 7 rings (SSSR count). The molecule has 192 valence electrons. The molecule has 3 aromatic rings. The summed E-state index contributed by atoms with van der Waals surface area (Å²) < 4.78 is 7.63. The Morgan fingerprint density at radius 1 is 1.00 bits per heavy atom. The molecule has 4 aliphatic heterocycles. The van der Waals surface area contributed by atoms with Gasteiger partial charge in [0.25, 0.3) is 0 Å². The molecule has 0 saturated carbocycles. The Labute approximate surface area is 219 Å². The van der Waals surface area contributed by atoms with Crippen LogP contribution in [-0.2, 0) is 11.3 Å². The molecule has 1 aromatic heterocycles. The number of aromatic nitrogens is 1. The quantitative estimate of drug-likeness (QED) is 0.444. The van der Waals surface area contributed by atoms with Crippen LogP contribution in [0.25, 0.3) is 17.0 Å². The number of carbonyl (C=O) groups excluding carboxylic acids is 1. The molecule has 1 amide bonds. The molecule has 5 heteroatoms. The van der Waals surface area contributed by atoms with Crippen LogP contribution in [0.15, 0.2) is 60.3 Å². The monoisotopic (exact) mass is 495 g/mol. The van der Waals surface area contributed by atoms with Crippen LogP contribution in [0.5, 0.6) is 5.75 Å². The maximum Gasteiger partial charge on any atom is 0.250 e. The lowest BCUT2D eigenvalue weighted by atomic mass is 9.67. The largest absolute Gasteiger partial charge is 0.497 e. The van der Waals surface area contributed by atoms with Gasteiger partial charge in [0.15, 0.2) is 0 Å². The number of methoxy groups -OCH3 is 1. The van der Waals surface area contributed by atoms with Crippen LogP contribution in [0.2, 0.25) is 0 Å². The number of benzene rings is 2. The minimum absolute atomic E-state index is 0.296. The number of rotatable bonds is 4. The van der Waals surface area contributed by atoms with E-state index in [1.807, 2.05) is 12.1 Å². The van der Waals surface area contributed by atoms with Gasteiger partial charge in [0, 0.05) is 53.4 Å². The highest BCUT2D eigenvalue weighted by atomic mass is 16.5. The van der Waals surface area contributed by atoms with Crippen LogP contribution in [0.1, 0.15) is 49.7 Å². The maximum absolute atomic E-state index is 13.9. The van der Waals surface area contributed by atoms with Crippen LogP contribution >= 0.6 is 0 Å². The van der Waals surface area contributed by atoms with Crippen LogP contribution in [0, 0.1) is 11.8 Å². The van der Waals surface area contributed by atoms with Crippen molar-refractivity contribution in [3.05, 3.63) is 71.4 Å². The first-order valence-electron chi connectivity index (χ1n) is 14.2. The van der Waals surface area contributed by atoms with Gasteiger partial charge in [-0.25, -0.2) is 0 Å². The Balaban J connectivity index is 1.18. The summed E-state index contributed by atoms with van der Waals surface area (Å²) >= 11 is 0. The second kappa shape index (κ2) is 9.36. The van der Waals surface area contributed by atoms with Gasteiger partial charge in [-0.05, 0) is 93.3 Å². The van der Waals surface area contributed by atoms with Crippen molar-refractivity contribution in [2.45, 2.75) is 57.2 Å². The summed E-state index contributed by atoms with van der Waals surface area (Å²) in [4.78, 5) is 19.0. The number of nitrogens with zero attached hydrogens (tertiary/aromatic N) is 3.